The molecule has 4 N–H and O–H groups in total. The monoisotopic (exact) mass is 457 g/mol. The number of nitrogens with one attached hydrogen (secondary N) is 2. The molecule has 0 amide bonds. The van der Waals surface area contributed by atoms with Crippen LogP contribution in [0.5, 0.6) is 5.75 Å². The SMILES string of the molecule is C/C(=C\CCN1CCC(C)CC1)COCCCNC[C@H](O)c1ccc(O)c2[nH]c(=O)ccc12. The molecule has 0 radical (unpaired) electrons. The van der Waals surface area contributed by atoms with E-state index < -0.39 is 6.10 Å². The lowest BCUT2D eigenvalue weighted by Crippen LogP contribution is -2.33. The van der Waals surface area contributed by atoms with Crippen molar-refractivity contribution in [1.29, 1.82) is 0 Å². The number of fused-ring (bicyclic) bond motifs is 1. The minimum atomic E-state index is -0.742. The number of H-pyrrole nitrogens is 1. The molecular formula is C26H39N3O4. The van der Waals surface area contributed by atoms with Crippen LogP contribution in [0.3, 0.4) is 0 Å². The van der Waals surface area contributed by atoms with Gasteiger partial charge in [-0.05, 0) is 75.9 Å². The number of aromatic amines is 1. The van der Waals surface area contributed by atoms with Gasteiger partial charge in [-0.15, -0.1) is 0 Å². The summed E-state index contributed by atoms with van der Waals surface area (Å²) in [6.07, 6.45) is 6.14. The first-order valence-corrected chi connectivity index (χ1v) is 12.1. The summed E-state index contributed by atoms with van der Waals surface area (Å²) in [4.78, 5) is 16.7. The van der Waals surface area contributed by atoms with E-state index >= 15 is 0 Å². The second-order valence-corrected chi connectivity index (χ2v) is 9.27. The van der Waals surface area contributed by atoms with Crippen molar-refractivity contribution in [2.24, 2.45) is 5.92 Å². The molecule has 33 heavy (non-hydrogen) atoms. The first-order valence-electron chi connectivity index (χ1n) is 12.1. The van der Waals surface area contributed by atoms with Crippen molar-refractivity contribution in [3.05, 3.63) is 51.8 Å². The Kier molecular flexibility index (Phi) is 9.94. The Bertz CT molecular complexity index is 964. The number of hydrogen-bond donors (Lipinski definition) is 4. The number of likely N-dealkylation sites (tertiary alicyclic amines) is 1. The Hall–Kier alpha value is -2.19. The molecule has 1 saturated heterocycles. The summed E-state index contributed by atoms with van der Waals surface area (Å²) in [6, 6.07) is 6.20. The van der Waals surface area contributed by atoms with Crippen molar-refractivity contribution in [1.82, 2.24) is 15.2 Å². The van der Waals surface area contributed by atoms with Crippen LogP contribution >= 0.6 is 0 Å². The van der Waals surface area contributed by atoms with E-state index in [1.807, 2.05) is 0 Å². The molecule has 7 heteroatoms. The number of phenols is 1. The second-order valence-electron chi connectivity index (χ2n) is 9.27. The second kappa shape index (κ2) is 12.9. The maximum absolute atomic E-state index is 11.5. The number of aliphatic hydroxyl groups is 1. The van der Waals surface area contributed by atoms with Gasteiger partial charge in [0.1, 0.15) is 5.75 Å². The van der Waals surface area contributed by atoms with Gasteiger partial charge in [-0.3, -0.25) is 4.79 Å². The number of rotatable bonds is 12. The van der Waals surface area contributed by atoms with Gasteiger partial charge < -0.3 is 30.2 Å². The van der Waals surface area contributed by atoms with Crippen LogP contribution < -0.4 is 10.9 Å². The highest BCUT2D eigenvalue weighted by molar-refractivity contribution is 5.87. The minimum absolute atomic E-state index is 0.00534. The molecule has 1 aromatic carbocycles. The van der Waals surface area contributed by atoms with Crippen molar-refractivity contribution in [3.8, 4) is 5.75 Å². The maximum Gasteiger partial charge on any atom is 0.248 e. The van der Waals surface area contributed by atoms with Crippen LogP contribution in [0.25, 0.3) is 10.9 Å². The highest BCUT2D eigenvalue weighted by Gasteiger charge is 2.15. The highest BCUT2D eigenvalue weighted by Crippen LogP contribution is 2.28. The third-order valence-electron chi connectivity index (χ3n) is 6.39. The van der Waals surface area contributed by atoms with Crippen LogP contribution in [-0.4, -0.2) is 66.0 Å². The van der Waals surface area contributed by atoms with Crippen molar-refractivity contribution >= 4 is 10.9 Å². The molecule has 0 saturated carbocycles. The lowest BCUT2D eigenvalue weighted by Gasteiger charge is -2.29. The summed E-state index contributed by atoms with van der Waals surface area (Å²) < 4.78 is 5.78. The zero-order chi connectivity index (χ0) is 23.6. The van der Waals surface area contributed by atoms with Gasteiger partial charge in [-0.2, -0.15) is 0 Å². The molecule has 2 aromatic rings. The summed E-state index contributed by atoms with van der Waals surface area (Å²) >= 11 is 0. The van der Waals surface area contributed by atoms with Crippen molar-refractivity contribution in [2.75, 3.05) is 45.9 Å². The number of aromatic nitrogens is 1. The van der Waals surface area contributed by atoms with Gasteiger partial charge in [0.25, 0.3) is 0 Å². The topological polar surface area (TPSA) is 97.8 Å². The van der Waals surface area contributed by atoms with Gasteiger partial charge in [0.05, 0.1) is 18.2 Å². The largest absolute Gasteiger partial charge is 0.506 e. The van der Waals surface area contributed by atoms with E-state index in [1.54, 1.807) is 12.1 Å². The fourth-order valence-electron chi connectivity index (χ4n) is 4.27. The molecule has 0 bridgehead atoms. The van der Waals surface area contributed by atoms with Crippen LogP contribution in [0, 0.1) is 5.92 Å². The lowest BCUT2D eigenvalue weighted by atomic mass is 9.99. The predicted molar refractivity (Wildman–Crippen MR) is 133 cm³/mol. The molecule has 1 fully saturated rings. The van der Waals surface area contributed by atoms with E-state index in [4.69, 9.17) is 4.74 Å². The zero-order valence-electron chi connectivity index (χ0n) is 20.0. The molecule has 1 aliphatic rings. The molecule has 0 spiro atoms. The van der Waals surface area contributed by atoms with Gasteiger partial charge in [0, 0.05) is 31.1 Å². The van der Waals surface area contributed by atoms with Gasteiger partial charge in [0.2, 0.25) is 5.56 Å². The highest BCUT2D eigenvalue weighted by atomic mass is 16.5. The first-order chi connectivity index (χ1) is 15.9. The van der Waals surface area contributed by atoms with Crippen molar-refractivity contribution in [3.63, 3.8) is 0 Å². The lowest BCUT2D eigenvalue weighted by molar-refractivity contribution is 0.147. The van der Waals surface area contributed by atoms with Gasteiger partial charge in [-0.1, -0.05) is 24.6 Å². The fraction of sp³-hybridized carbons (Fsp3) is 0.577. The smallest absolute Gasteiger partial charge is 0.248 e. The minimum Gasteiger partial charge on any atom is -0.506 e. The first kappa shape index (κ1) is 25.4. The van der Waals surface area contributed by atoms with Crippen LogP contribution in [0.4, 0.5) is 0 Å². The van der Waals surface area contributed by atoms with Crippen LogP contribution in [0.15, 0.2) is 40.7 Å². The molecule has 2 heterocycles. The average molecular weight is 458 g/mol. The molecule has 1 aromatic heterocycles. The quantitative estimate of drug-likeness (QED) is 0.288. The summed E-state index contributed by atoms with van der Waals surface area (Å²) in [5.74, 6) is 0.874. The standard InChI is InChI=1S/C26H39N3O4/c1-19-10-14-29(15-11-19)13-3-5-20(2)18-33-16-4-12-27-17-24(31)21-6-8-23(30)26-22(21)7-9-25(32)28-26/h5-9,19,24,27,30-31H,3-4,10-18H2,1-2H3,(H,28,32)/b20-5+/t24-/m0/s1. The summed E-state index contributed by atoms with van der Waals surface area (Å²) in [5, 5.41) is 24.4. The van der Waals surface area contributed by atoms with Gasteiger partial charge in [-0.25, -0.2) is 0 Å². The van der Waals surface area contributed by atoms with Gasteiger partial charge >= 0.3 is 0 Å². The van der Waals surface area contributed by atoms with E-state index in [-0.39, 0.29) is 11.3 Å². The number of phenolic OH excluding ortho intramolecular Hbond substituents is 1. The fourth-order valence-corrected chi connectivity index (χ4v) is 4.27. The molecule has 3 rings (SSSR count). The Balaban J connectivity index is 1.29. The molecule has 1 aliphatic heterocycles. The number of aromatic hydroxyl groups is 1. The summed E-state index contributed by atoms with van der Waals surface area (Å²) in [6.45, 7) is 10.5. The number of hydrogen-bond acceptors (Lipinski definition) is 6. The van der Waals surface area contributed by atoms with E-state index in [2.05, 4.69) is 35.1 Å². The molecule has 0 unspecified atom stereocenters. The molecule has 182 valence electrons. The van der Waals surface area contributed by atoms with E-state index in [0.29, 0.717) is 36.2 Å². The number of piperidine rings is 1. The average Bonchev–Trinajstić information content (AvgIpc) is 2.80. The number of aliphatic hydroxyl groups excluding tert-OH is 1. The Morgan fingerprint density at radius 1 is 1.30 bits per heavy atom. The Morgan fingerprint density at radius 2 is 2.09 bits per heavy atom. The van der Waals surface area contributed by atoms with Crippen LogP contribution in [-0.2, 0) is 4.74 Å². The van der Waals surface area contributed by atoms with Gasteiger partial charge in [0.15, 0.2) is 0 Å². The Morgan fingerprint density at radius 3 is 2.88 bits per heavy atom. The molecule has 0 aliphatic carbocycles. The third-order valence-corrected chi connectivity index (χ3v) is 6.39. The predicted octanol–water partition coefficient (Wildman–Crippen LogP) is 3.33. The zero-order valence-corrected chi connectivity index (χ0v) is 20.0. The molecule has 1 atom stereocenters. The van der Waals surface area contributed by atoms with E-state index in [1.165, 1.54) is 43.6 Å². The van der Waals surface area contributed by atoms with Crippen molar-refractivity contribution in [2.45, 2.75) is 45.6 Å². The number of pyridine rings is 1. The summed E-state index contributed by atoms with van der Waals surface area (Å²) in [7, 11) is 0. The summed E-state index contributed by atoms with van der Waals surface area (Å²) in [5.41, 5.74) is 2.01. The number of nitrogens with zero attached hydrogens (tertiary/aromatic N) is 1. The van der Waals surface area contributed by atoms with Crippen molar-refractivity contribution < 1.29 is 14.9 Å². The Labute approximate surface area is 196 Å². The number of benzene rings is 1. The third kappa shape index (κ3) is 7.96. The van der Waals surface area contributed by atoms with E-state index in [9.17, 15) is 15.0 Å². The van der Waals surface area contributed by atoms with E-state index in [0.717, 1.165) is 31.8 Å². The number of ether oxygens (including phenoxy) is 1. The normalized spacial score (nSPS) is 17.0. The molecule has 7 nitrogen and oxygen atoms in total. The van der Waals surface area contributed by atoms with Crippen LogP contribution in [0.2, 0.25) is 0 Å². The van der Waals surface area contributed by atoms with Crippen LogP contribution in [0.1, 0.15) is 51.2 Å². The molecular weight excluding hydrogens is 418 g/mol. The maximum atomic E-state index is 11.5.